The Labute approximate surface area is 174 Å². The first-order chi connectivity index (χ1) is 13.8. The van der Waals surface area contributed by atoms with Crippen LogP contribution in [-0.2, 0) is 6.42 Å². The number of nitrogens with zero attached hydrogens (tertiary/aromatic N) is 1. The van der Waals surface area contributed by atoms with Gasteiger partial charge in [0.2, 0.25) is 0 Å². The number of piperidine rings is 1. The molecule has 0 saturated carbocycles. The summed E-state index contributed by atoms with van der Waals surface area (Å²) in [6, 6.07) is 22.0. The predicted octanol–water partition coefficient (Wildman–Crippen LogP) is 6.51. The molecule has 3 heteroatoms. The van der Waals surface area contributed by atoms with Crippen LogP contribution >= 0.6 is 15.9 Å². The maximum atomic E-state index is 3.62. The fraction of sp³-hybridized carbons (Fsp3) is 0.280. The van der Waals surface area contributed by atoms with E-state index in [2.05, 4.69) is 92.7 Å². The third-order valence-electron chi connectivity index (χ3n) is 6.28. The highest BCUT2D eigenvalue weighted by Crippen LogP contribution is 2.34. The van der Waals surface area contributed by atoms with E-state index in [1.807, 2.05) is 0 Å². The first-order valence-corrected chi connectivity index (χ1v) is 11.0. The lowest BCUT2D eigenvalue weighted by molar-refractivity contribution is 0.215. The van der Waals surface area contributed by atoms with Crippen molar-refractivity contribution >= 4 is 37.6 Å². The highest BCUT2D eigenvalue weighted by atomic mass is 79.9. The Bertz CT molecular complexity index is 1100. The van der Waals surface area contributed by atoms with Crippen LogP contribution in [0.25, 0.3) is 21.7 Å². The van der Waals surface area contributed by atoms with Gasteiger partial charge in [-0.2, -0.15) is 0 Å². The van der Waals surface area contributed by atoms with Gasteiger partial charge in [-0.3, -0.25) is 0 Å². The number of aromatic amines is 1. The van der Waals surface area contributed by atoms with E-state index in [0.717, 1.165) is 17.4 Å². The van der Waals surface area contributed by atoms with Gasteiger partial charge in [-0.15, -0.1) is 0 Å². The molecule has 0 radical (unpaired) electrons. The highest BCUT2D eigenvalue weighted by molar-refractivity contribution is 9.10. The second-order valence-corrected chi connectivity index (χ2v) is 8.85. The fourth-order valence-electron chi connectivity index (χ4n) is 4.71. The standard InChI is InChI=1S/C25H25BrN2/c26-21-8-9-25-23(16-21)24(17-27-25)20-11-14-28(15-12-20)13-10-19-6-3-5-18-4-1-2-7-22(18)19/h1-9,16-17,20,27H,10-15H2. The number of aromatic nitrogens is 1. The molecular formula is C25H25BrN2. The number of benzene rings is 3. The quantitative estimate of drug-likeness (QED) is 0.389. The Morgan fingerprint density at radius 3 is 2.64 bits per heavy atom. The molecule has 4 aromatic rings. The molecule has 0 unspecified atom stereocenters. The van der Waals surface area contributed by atoms with E-state index < -0.39 is 0 Å². The van der Waals surface area contributed by atoms with Crippen LogP contribution in [0.5, 0.6) is 0 Å². The fourth-order valence-corrected chi connectivity index (χ4v) is 5.07. The van der Waals surface area contributed by atoms with E-state index in [0.29, 0.717) is 5.92 Å². The van der Waals surface area contributed by atoms with Crippen LogP contribution in [0.15, 0.2) is 71.3 Å². The van der Waals surface area contributed by atoms with Gasteiger partial charge in [-0.25, -0.2) is 0 Å². The molecule has 142 valence electrons. The zero-order valence-electron chi connectivity index (χ0n) is 16.0. The van der Waals surface area contributed by atoms with E-state index in [1.165, 1.54) is 58.7 Å². The summed E-state index contributed by atoms with van der Waals surface area (Å²) in [5, 5.41) is 4.14. The van der Waals surface area contributed by atoms with Crippen LogP contribution in [0.2, 0.25) is 0 Å². The molecule has 0 bridgehead atoms. The second kappa shape index (κ2) is 7.73. The number of hydrogen-bond donors (Lipinski definition) is 1. The zero-order valence-corrected chi connectivity index (χ0v) is 17.6. The van der Waals surface area contributed by atoms with E-state index >= 15 is 0 Å². The minimum Gasteiger partial charge on any atom is -0.361 e. The molecule has 1 aliphatic heterocycles. The van der Waals surface area contributed by atoms with Crippen LogP contribution in [0.1, 0.15) is 29.9 Å². The topological polar surface area (TPSA) is 19.0 Å². The highest BCUT2D eigenvalue weighted by Gasteiger charge is 2.22. The van der Waals surface area contributed by atoms with Gasteiger partial charge < -0.3 is 9.88 Å². The Kier molecular flexibility index (Phi) is 4.96. The molecule has 0 atom stereocenters. The number of nitrogens with one attached hydrogen (secondary N) is 1. The van der Waals surface area contributed by atoms with Gasteiger partial charge in [0.15, 0.2) is 0 Å². The van der Waals surface area contributed by atoms with Gasteiger partial charge in [0.25, 0.3) is 0 Å². The van der Waals surface area contributed by atoms with Crippen LogP contribution in [0.3, 0.4) is 0 Å². The summed E-state index contributed by atoms with van der Waals surface area (Å²) in [6.07, 6.45) is 5.85. The number of likely N-dealkylation sites (tertiary alicyclic amines) is 1. The average molecular weight is 433 g/mol. The largest absolute Gasteiger partial charge is 0.361 e. The number of halogens is 1. The SMILES string of the molecule is Brc1ccc2[nH]cc(C3CCN(CCc4cccc5ccccc45)CC3)c2c1. The van der Waals surface area contributed by atoms with Crippen LogP contribution < -0.4 is 0 Å². The number of hydrogen-bond acceptors (Lipinski definition) is 1. The minimum absolute atomic E-state index is 0.664. The molecule has 1 N–H and O–H groups in total. The summed E-state index contributed by atoms with van der Waals surface area (Å²) in [4.78, 5) is 6.10. The summed E-state index contributed by atoms with van der Waals surface area (Å²) < 4.78 is 1.16. The van der Waals surface area contributed by atoms with Crippen LogP contribution in [0.4, 0.5) is 0 Å². The molecule has 28 heavy (non-hydrogen) atoms. The van der Waals surface area contributed by atoms with Crippen molar-refractivity contribution in [2.24, 2.45) is 0 Å². The molecule has 0 spiro atoms. The van der Waals surface area contributed by atoms with E-state index in [9.17, 15) is 0 Å². The molecule has 1 aliphatic rings. The van der Waals surface area contributed by atoms with Crippen molar-refractivity contribution in [1.82, 2.24) is 9.88 Å². The number of fused-ring (bicyclic) bond motifs is 2. The lowest BCUT2D eigenvalue weighted by Gasteiger charge is -2.32. The molecule has 0 amide bonds. The third kappa shape index (κ3) is 3.49. The van der Waals surface area contributed by atoms with E-state index in [1.54, 1.807) is 0 Å². The van der Waals surface area contributed by atoms with Crippen molar-refractivity contribution in [3.63, 3.8) is 0 Å². The smallest absolute Gasteiger partial charge is 0.0457 e. The lowest BCUT2D eigenvalue weighted by Crippen LogP contribution is -2.34. The van der Waals surface area contributed by atoms with Gasteiger partial charge >= 0.3 is 0 Å². The van der Waals surface area contributed by atoms with Gasteiger partial charge in [-0.05, 0) is 78.4 Å². The molecule has 1 fully saturated rings. The summed E-state index contributed by atoms with van der Waals surface area (Å²) in [5.74, 6) is 0.664. The van der Waals surface area contributed by atoms with Gasteiger partial charge in [-0.1, -0.05) is 58.4 Å². The van der Waals surface area contributed by atoms with E-state index in [4.69, 9.17) is 0 Å². The van der Waals surface area contributed by atoms with Gasteiger partial charge in [0.05, 0.1) is 0 Å². The summed E-state index contributed by atoms with van der Waals surface area (Å²) >= 11 is 3.62. The first-order valence-electron chi connectivity index (χ1n) is 10.2. The minimum atomic E-state index is 0.664. The Morgan fingerprint density at radius 1 is 0.929 bits per heavy atom. The number of rotatable bonds is 4. The Balaban J connectivity index is 1.24. The first kappa shape index (κ1) is 18.0. The summed E-state index contributed by atoms with van der Waals surface area (Å²) in [7, 11) is 0. The van der Waals surface area contributed by atoms with Gasteiger partial charge in [0.1, 0.15) is 0 Å². The molecular weight excluding hydrogens is 408 g/mol. The van der Waals surface area contributed by atoms with Crippen molar-refractivity contribution in [2.45, 2.75) is 25.2 Å². The van der Waals surface area contributed by atoms with Crippen LogP contribution in [0, 0.1) is 0 Å². The normalized spacial score (nSPS) is 16.2. The predicted molar refractivity (Wildman–Crippen MR) is 122 cm³/mol. The molecule has 3 aromatic carbocycles. The zero-order chi connectivity index (χ0) is 18.9. The third-order valence-corrected chi connectivity index (χ3v) is 6.77. The monoisotopic (exact) mass is 432 g/mol. The van der Waals surface area contributed by atoms with Gasteiger partial charge in [0, 0.05) is 28.1 Å². The molecule has 0 aliphatic carbocycles. The van der Waals surface area contributed by atoms with Crippen molar-refractivity contribution in [3.8, 4) is 0 Å². The lowest BCUT2D eigenvalue weighted by atomic mass is 9.89. The molecule has 1 saturated heterocycles. The Morgan fingerprint density at radius 2 is 1.75 bits per heavy atom. The Hall–Kier alpha value is -2.10. The second-order valence-electron chi connectivity index (χ2n) is 7.94. The van der Waals surface area contributed by atoms with Crippen LogP contribution in [-0.4, -0.2) is 29.5 Å². The average Bonchev–Trinajstić information content (AvgIpc) is 3.15. The van der Waals surface area contributed by atoms with Crippen molar-refractivity contribution in [3.05, 3.63) is 82.5 Å². The number of H-pyrrole nitrogens is 1. The molecule has 2 heterocycles. The van der Waals surface area contributed by atoms with Crippen molar-refractivity contribution in [2.75, 3.05) is 19.6 Å². The summed E-state index contributed by atoms with van der Waals surface area (Å²) in [6.45, 7) is 3.53. The molecule has 2 nitrogen and oxygen atoms in total. The molecule has 5 rings (SSSR count). The summed E-state index contributed by atoms with van der Waals surface area (Å²) in [5.41, 5.74) is 4.21. The maximum Gasteiger partial charge on any atom is 0.0457 e. The maximum absolute atomic E-state index is 3.62. The van der Waals surface area contributed by atoms with Crippen molar-refractivity contribution < 1.29 is 0 Å². The van der Waals surface area contributed by atoms with Crippen molar-refractivity contribution in [1.29, 1.82) is 0 Å². The van der Waals surface area contributed by atoms with E-state index in [-0.39, 0.29) is 0 Å². The molecule has 1 aromatic heterocycles.